The summed E-state index contributed by atoms with van der Waals surface area (Å²) in [5.74, 6) is 1.06. The van der Waals surface area contributed by atoms with Gasteiger partial charge in [0.25, 0.3) is 0 Å². The van der Waals surface area contributed by atoms with Crippen LogP contribution >= 0.6 is 24.0 Å². The van der Waals surface area contributed by atoms with Gasteiger partial charge in [0.2, 0.25) is 10.0 Å². The zero-order chi connectivity index (χ0) is 18.0. The van der Waals surface area contributed by atoms with Crippen molar-refractivity contribution >= 4 is 40.0 Å². The number of nitrogens with one attached hydrogen (secondary N) is 2. The minimum absolute atomic E-state index is 0. The summed E-state index contributed by atoms with van der Waals surface area (Å²) in [6.45, 7) is 7.99. The Kier molecular flexibility index (Phi) is 12.0. The van der Waals surface area contributed by atoms with Crippen LogP contribution in [0.3, 0.4) is 0 Å². The lowest BCUT2D eigenvalue weighted by Gasteiger charge is -2.10. The molecule has 8 heteroatoms. The molecule has 0 aliphatic rings. The zero-order valence-corrected chi connectivity index (χ0v) is 18.4. The number of sulfonamides is 1. The Morgan fingerprint density at radius 3 is 2.36 bits per heavy atom. The lowest BCUT2D eigenvalue weighted by atomic mass is 10.0. The van der Waals surface area contributed by atoms with Gasteiger partial charge in [-0.25, -0.2) is 13.6 Å². The van der Waals surface area contributed by atoms with E-state index in [1.807, 2.05) is 6.92 Å². The van der Waals surface area contributed by atoms with Gasteiger partial charge in [-0.05, 0) is 36.8 Å². The monoisotopic (exact) mass is 482 g/mol. The molecule has 4 N–H and O–H groups in total. The maximum absolute atomic E-state index is 10.9. The van der Waals surface area contributed by atoms with Crippen LogP contribution in [0.25, 0.3) is 0 Å². The van der Waals surface area contributed by atoms with Crippen LogP contribution in [-0.4, -0.2) is 39.8 Å². The highest BCUT2D eigenvalue weighted by Gasteiger charge is 2.03. The van der Waals surface area contributed by atoms with E-state index in [-0.39, 0.29) is 36.3 Å². The second-order valence-corrected chi connectivity index (χ2v) is 7.79. The molecule has 144 valence electrons. The molecule has 1 rings (SSSR count). The zero-order valence-electron chi connectivity index (χ0n) is 15.3. The summed E-state index contributed by atoms with van der Waals surface area (Å²) in [5, 5.41) is 11.0. The first-order valence-corrected chi connectivity index (χ1v) is 10.1. The molecule has 1 aromatic rings. The van der Waals surface area contributed by atoms with Crippen LogP contribution in [0, 0.1) is 0 Å². The van der Waals surface area contributed by atoms with Crippen LogP contribution in [-0.2, 0) is 16.4 Å². The van der Waals surface area contributed by atoms with Gasteiger partial charge in [-0.15, -0.1) is 24.0 Å². The molecule has 0 aromatic heterocycles. The number of nitrogens with two attached hydrogens (primary N) is 1. The van der Waals surface area contributed by atoms with Gasteiger partial charge < -0.3 is 10.6 Å². The van der Waals surface area contributed by atoms with Crippen molar-refractivity contribution < 1.29 is 8.42 Å². The molecule has 0 radical (unpaired) electrons. The number of rotatable bonds is 9. The van der Waals surface area contributed by atoms with Crippen molar-refractivity contribution in [3.63, 3.8) is 0 Å². The van der Waals surface area contributed by atoms with Gasteiger partial charge in [-0.2, -0.15) is 0 Å². The minimum Gasteiger partial charge on any atom is -0.357 e. The Hall–Kier alpha value is -0.870. The molecule has 0 bridgehead atoms. The van der Waals surface area contributed by atoms with Crippen molar-refractivity contribution in [2.45, 2.75) is 39.5 Å². The second kappa shape index (κ2) is 12.5. The number of benzene rings is 1. The van der Waals surface area contributed by atoms with Gasteiger partial charge in [0.05, 0.1) is 5.75 Å². The van der Waals surface area contributed by atoms with E-state index in [4.69, 9.17) is 5.14 Å². The molecule has 0 aliphatic heterocycles. The fourth-order valence-electron chi connectivity index (χ4n) is 2.20. The molecule has 0 amide bonds. The number of hydrogen-bond donors (Lipinski definition) is 3. The lowest BCUT2D eigenvalue weighted by molar-refractivity contribution is 0.596. The van der Waals surface area contributed by atoms with E-state index in [2.05, 4.69) is 53.7 Å². The fraction of sp³-hybridized carbons (Fsp3) is 0.588. The standard InChI is InChI=1S/C17H30N4O2S.HI/c1-4-19-17(21-12-13-24(18,22)23)20-11-5-6-15-7-9-16(10-8-15)14(2)3;/h7-10,14H,4-6,11-13H2,1-3H3,(H2,18,22,23)(H2,19,20,21);1H. The van der Waals surface area contributed by atoms with Gasteiger partial charge in [0.1, 0.15) is 0 Å². The summed E-state index contributed by atoms with van der Waals surface area (Å²) in [7, 11) is -3.45. The third kappa shape index (κ3) is 11.4. The van der Waals surface area contributed by atoms with Crippen molar-refractivity contribution in [1.29, 1.82) is 0 Å². The van der Waals surface area contributed by atoms with E-state index < -0.39 is 10.0 Å². The molecule has 1 aromatic carbocycles. The molecular weight excluding hydrogens is 451 g/mol. The third-order valence-corrected chi connectivity index (χ3v) is 4.34. The summed E-state index contributed by atoms with van der Waals surface area (Å²) >= 11 is 0. The number of guanidine groups is 1. The van der Waals surface area contributed by atoms with Crippen LogP contribution in [0.1, 0.15) is 44.2 Å². The fourth-order valence-corrected chi connectivity index (χ4v) is 2.58. The predicted molar refractivity (Wildman–Crippen MR) is 116 cm³/mol. The Labute approximate surface area is 169 Å². The van der Waals surface area contributed by atoms with Crippen LogP contribution in [0.2, 0.25) is 0 Å². The Bertz CT molecular complexity index is 616. The second-order valence-electron chi connectivity index (χ2n) is 6.05. The molecule has 0 fully saturated rings. The van der Waals surface area contributed by atoms with Crippen LogP contribution in [0.15, 0.2) is 29.3 Å². The van der Waals surface area contributed by atoms with Crippen LogP contribution < -0.4 is 15.8 Å². The Morgan fingerprint density at radius 2 is 1.84 bits per heavy atom. The molecule has 0 saturated heterocycles. The van der Waals surface area contributed by atoms with Crippen molar-refractivity contribution in [2.75, 3.05) is 25.4 Å². The number of primary sulfonamides is 1. The number of aliphatic imine (C=N–C) groups is 1. The lowest BCUT2D eigenvalue weighted by Crippen LogP contribution is -2.40. The van der Waals surface area contributed by atoms with Crippen LogP contribution in [0.4, 0.5) is 0 Å². The highest BCUT2D eigenvalue weighted by Crippen LogP contribution is 2.15. The molecule has 0 aliphatic carbocycles. The molecule has 0 heterocycles. The maximum atomic E-state index is 10.9. The van der Waals surface area contributed by atoms with Gasteiger partial charge in [0.15, 0.2) is 5.96 Å². The van der Waals surface area contributed by atoms with Crippen LogP contribution in [0.5, 0.6) is 0 Å². The maximum Gasteiger partial charge on any atom is 0.210 e. The number of halogens is 1. The molecule has 25 heavy (non-hydrogen) atoms. The topological polar surface area (TPSA) is 96.6 Å². The molecule has 0 unspecified atom stereocenters. The molecule has 0 atom stereocenters. The van der Waals surface area contributed by atoms with E-state index in [1.54, 1.807) is 0 Å². The van der Waals surface area contributed by atoms with Crippen molar-refractivity contribution in [3.05, 3.63) is 35.4 Å². The highest BCUT2D eigenvalue weighted by molar-refractivity contribution is 14.0. The quantitative estimate of drug-likeness (QED) is 0.218. The summed E-state index contributed by atoms with van der Waals surface area (Å²) in [4.78, 5) is 4.45. The first kappa shape index (κ1) is 24.1. The van der Waals surface area contributed by atoms with E-state index in [0.717, 1.165) is 19.4 Å². The van der Waals surface area contributed by atoms with E-state index >= 15 is 0 Å². The van der Waals surface area contributed by atoms with Gasteiger partial charge in [-0.1, -0.05) is 38.1 Å². The number of aryl methyl sites for hydroxylation is 1. The molecule has 0 spiro atoms. The summed E-state index contributed by atoms with van der Waals surface area (Å²) < 4.78 is 21.9. The van der Waals surface area contributed by atoms with E-state index in [9.17, 15) is 8.42 Å². The normalized spacial score (nSPS) is 12.0. The first-order valence-electron chi connectivity index (χ1n) is 8.43. The first-order chi connectivity index (χ1) is 11.3. The van der Waals surface area contributed by atoms with Crippen molar-refractivity contribution in [3.8, 4) is 0 Å². The predicted octanol–water partition coefficient (Wildman–Crippen LogP) is 2.20. The third-order valence-electron chi connectivity index (χ3n) is 3.56. The Morgan fingerprint density at radius 1 is 1.20 bits per heavy atom. The largest absolute Gasteiger partial charge is 0.357 e. The van der Waals surface area contributed by atoms with Crippen molar-refractivity contribution in [2.24, 2.45) is 10.1 Å². The van der Waals surface area contributed by atoms with Gasteiger partial charge in [-0.3, -0.25) is 4.99 Å². The van der Waals surface area contributed by atoms with E-state index in [0.29, 0.717) is 18.4 Å². The minimum atomic E-state index is -3.45. The average molecular weight is 482 g/mol. The smallest absolute Gasteiger partial charge is 0.210 e. The summed E-state index contributed by atoms with van der Waals surface area (Å²) in [6.07, 6.45) is 1.91. The van der Waals surface area contributed by atoms with Gasteiger partial charge in [0, 0.05) is 19.6 Å². The highest BCUT2D eigenvalue weighted by atomic mass is 127. The Balaban J connectivity index is 0.00000576. The van der Waals surface area contributed by atoms with Gasteiger partial charge >= 0.3 is 0 Å². The SMILES string of the molecule is CCNC(=NCCCc1ccc(C(C)C)cc1)NCCS(N)(=O)=O.I. The molecule has 0 saturated carbocycles. The summed E-state index contributed by atoms with van der Waals surface area (Å²) in [5.41, 5.74) is 2.66. The summed E-state index contributed by atoms with van der Waals surface area (Å²) in [6, 6.07) is 8.72. The molecular formula is C17H31IN4O2S. The van der Waals surface area contributed by atoms with Crippen molar-refractivity contribution in [1.82, 2.24) is 10.6 Å². The molecule has 6 nitrogen and oxygen atoms in total. The average Bonchev–Trinajstić information content (AvgIpc) is 2.50. The van der Waals surface area contributed by atoms with E-state index in [1.165, 1.54) is 11.1 Å². The number of hydrogen-bond acceptors (Lipinski definition) is 3. The number of nitrogens with zero attached hydrogens (tertiary/aromatic N) is 1.